The standard InChI is InChI=1S/C17H15F2N3O4S2/c1-25-12-3-2-10(6-13(12)26-16(18)19)20-14(23)9-27-8-11-7-15(24)22-4-5-28-17(22)21-11/h2-7,16H,8-9H2,1H3,(H,20,23). The molecule has 0 saturated heterocycles. The number of nitrogens with zero attached hydrogens (tertiary/aromatic N) is 2. The largest absolute Gasteiger partial charge is 0.493 e. The van der Waals surface area contributed by atoms with E-state index >= 15 is 0 Å². The molecule has 0 atom stereocenters. The number of hydrogen-bond donors (Lipinski definition) is 1. The number of amides is 1. The Balaban J connectivity index is 1.57. The third kappa shape index (κ3) is 4.98. The van der Waals surface area contributed by atoms with Crippen LogP contribution in [0, 0.1) is 0 Å². The molecule has 0 aliphatic carbocycles. The average molecular weight is 427 g/mol. The molecule has 11 heteroatoms. The molecule has 3 rings (SSSR count). The number of nitrogens with one attached hydrogen (secondary N) is 1. The van der Waals surface area contributed by atoms with Crippen LogP contribution >= 0.6 is 23.1 Å². The topological polar surface area (TPSA) is 81.9 Å². The molecule has 0 aliphatic rings. The molecule has 0 unspecified atom stereocenters. The highest BCUT2D eigenvalue weighted by atomic mass is 32.2. The Bertz CT molecular complexity index is 1040. The van der Waals surface area contributed by atoms with Crippen molar-refractivity contribution in [2.24, 2.45) is 0 Å². The highest BCUT2D eigenvalue weighted by Crippen LogP contribution is 2.31. The Kier molecular flexibility index (Phi) is 6.47. The number of methoxy groups -OCH3 is 1. The Hall–Kier alpha value is -2.66. The fraction of sp³-hybridized carbons (Fsp3) is 0.235. The van der Waals surface area contributed by atoms with Gasteiger partial charge in [0.15, 0.2) is 16.5 Å². The number of carbonyl (C=O) groups is 1. The number of thiazole rings is 1. The van der Waals surface area contributed by atoms with Gasteiger partial charge in [-0.05, 0) is 12.1 Å². The van der Waals surface area contributed by atoms with Gasteiger partial charge in [0.2, 0.25) is 5.91 Å². The molecular formula is C17H15F2N3O4S2. The van der Waals surface area contributed by atoms with Crippen LogP contribution in [0.5, 0.6) is 11.5 Å². The van der Waals surface area contributed by atoms with E-state index in [-0.39, 0.29) is 28.7 Å². The van der Waals surface area contributed by atoms with Gasteiger partial charge in [-0.15, -0.1) is 23.1 Å². The van der Waals surface area contributed by atoms with Crippen LogP contribution in [0.1, 0.15) is 5.69 Å². The third-order valence-electron chi connectivity index (χ3n) is 3.50. The number of benzene rings is 1. The van der Waals surface area contributed by atoms with Gasteiger partial charge in [-0.25, -0.2) is 4.98 Å². The van der Waals surface area contributed by atoms with Crippen molar-refractivity contribution in [1.82, 2.24) is 9.38 Å². The molecule has 1 N–H and O–H groups in total. The number of rotatable bonds is 8. The summed E-state index contributed by atoms with van der Waals surface area (Å²) < 4.78 is 35.7. The Morgan fingerprint density at radius 2 is 2.18 bits per heavy atom. The molecule has 2 heterocycles. The number of hydrogen-bond acceptors (Lipinski definition) is 7. The molecule has 0 spiro atoms. The highest BCUT2D eigenvalue weighted by molar-refractivity contribution is 7.99. The van der Waals surface area contributed by atoms with Crippen LogP contribution in [0.25, 0.3) is 4.96 Å². The number of anilines is 1. The molecule has 0 saturated carbocycles. The zero-order chi connectivity index (χ0) is 20.1. The quantitative estimate of drug-likeness (QED) is 0.594. The predicted octanol–water partition coefficient (Wildman–Crippen LogP) is 3.24. The maximum Gasteiger partial charge on any atom is 0.387 e. The van der Waals surface area contributed by atoms with Crippen LogP contribution in [0.3, 0.4) is 0 Å². The lowest BCUT2D eigenvalue weighted by atomic mass is 10.2. The molecule has 0 fully saturated rings. The van der Waals surface area contributed by atoms with Crippen LogP contribution in [-0.4, -0.2) is 34.8 Å². The molecule has 7 nitrogen and oxygen atoms in total. The van der Waals surface area contributed by atoms with E-state index in [1.807, 2.05) is 0 Å². The van der Waals surface area contributed by atoms with Crippen molar-refractivity contribution in [2.45, 2.75) is 12.4 Å². The van der Waals surface area contributed by atoms with Crippen molar-refractivity contribution in [3.05, 3.63) is 51.9 Å². The lowest BCUT2D eigenvalue weighted by Crippen LogP contribution is -2.15. The zero-order valence-electron chi connectivity index (χ0n) is 14.6. The lowest BCUT2D eigenvalue weighted by Gasteiger charge is -2.12. The summed E-state index contributed by atoms with van der Waals surface area (Å²) in [7, 11) is 1.33. The Morgan fingerprint density at radius 1 is 1.36 bits per heavy atom. The van der Waals surface area contributed by atoms with Crippen molar-refractivity contribution >= 4 is 39.7 Å². The van der Waals surface area contributed by atoms with Crippen molar-refractivity contribution < 1.29 is 23.0 Å². The third-order valence-corrected chi connectivity index (χ3v) is 5.23. The van der Waals surface area contributed by atoms with Gasteiger partial charge < -0.3 is 14.8 Å². The van der Waals surface area contributed by atoms with Crippen molar-refractivity contribution in [1.29, 1.82) is 0 Å². The van der Waals surface area contributed by atoms with E-state index in [0.29, 0.717) is 22.1 Å². The summed E-state index contributed by atoms with van der Waals surface area (Å²) in [5.41, 5.74) is 0.719. The van der Waals surface area contributed by atoms with Gasteiger partial charge >= 0.3 is 6.61 Å². The molecule has 1 amide bonds. The zero-order valence-corrected chi connectivity index (χ0v) is 16.2. The highest BCUT2D eigenvalue weighted by Gasteiger charge is 2.13. The van der Waals surface area contributed by atoms with Gasteiger partial charge in [-0.3, -0.25) is 14.0 Å². The summed E-state index contributed by atoms with van der Waals surface area (Å²) >= 11 is 2.64. The van der Waals surface area contributed by atoms with E-state index in [4.69, 9.17) is 4.74 Å². The number of thioether (sulfide) groups is 1. The molecule has 148 valence electrons. The van der Waals surface area contributed by atoms with E-state index in [1.165, 1.54) is 58.9 Å². The van der Waals surface area contributed by atoms with Gasteiger partial charge in [0, 0.05) is 35.1 Å². The van der Waals surface area contributed by atoms with E-state index in [1.54, 1.807) is 11.6 Å². The summed E-state index contributed by atoms with van der Waals surface area (Å²) in [6, 6.07) is 5.64. The average Bonchev–Trinajstić information content (AvgIpc) is 3.11. The van der Waals surface area contributed by atoms with E-state index in [2.05, 4.69) is 15.0 Å². The SMILES string of the molecule is COc1ccc(NC(=O)CSCc2cc(=O)n3ccsc3n2)cc1OC(F)F. The first kappa shape index (κ1) is 20.1. The number of carbonyl (C=O) groups excluding carboxylic acids is 1. The Morgan fingerprint density at radius 3 is 2.93 bits per heavy atom. The normalized spacial score (nSPS) is 11.0. The minimum absolute atomic E-state index is 0.0998. The number of aromatic nitrogens is 2. The Labute approximate surface area is 166 Å². The van der Waals surface area contributed by atoms with E-state index < -0.39 is 6.61 Å². The van der Waals surface area contributed by atoms with Crippen LogP contribution in [0.2, 0.25) is 0 Å². The molecule has 0 bridgehead atoms. The smallest absolute Gasteiger partial charge is 0.387 e. The second-order valence-electron chi connectivity index (χ2n) is 5.43. The minimum atomic E-state index is -3.01. The maximum atomic E-state index is 12.5. The second-order valence-corrected chi connectivity index (χ2v) is 7.29. The molecule has 0 aliphatic heterocycles. The summed E-state index contributed by atoms with van der Waals surface area (Å²) in [5, 5.41) is 4.38. The molecular weight excluding hydrogens is 412 g/mol. The number of halogens is 2. The fourth-order valence-electron chi connectivity index (χ4n) is 2.35. The van der Waals surface area contributed by atoms with Gasteiger partial charge in [-0.2, -0.15) is 8.78 Å². The van der Waals surface area contributed by atoms with Crippen LogP contribution in [-0.2, 0) is 10.5 Å². The second kappa shape index (κ2) is 9.02. The fourth-order valence-corrected chi connectivity index (χ4v) is 3.80. The van der Waals surface area contributed by atoms with Crippen LogP contribution < -0.4 is 20.3 Å². The van der Waals surface area contributed by atoms with E-state index in [0.717, 1.165) is 0 Å². The van der Waals surface area contributed by atoms with Gasteiger partial charge in [0.25, 0.3) is 5.56 Å². The van der Waals surface area contributed by atoms with E-state index in [9.17, 15) is 18.4 Å². The van der Waals surface area contributed by atoms with Crippen molar-refractivity contribution in [3.63, 3.8) is 0 Å². The summed E-state index contributed by atoms with van der Waals surface area (Å²) in [6.07, 6.45) is 1.65. The van der Waals surface area contributed by atoms with Crippen LogP contribution in [0.15, 0.2) is 40.6 Å². The molecule has 3 aromatic rings. The van der Waals surface area contributed by atoms with Crippen LogP contribution in [0.4, 0.5) is 14.5 Å². The maximum absolute atomic E-state index is 12.5. The summed E-state index contributed by atoms with van der Waals surface area (Å²) in [6.45, 7) is -3.01. The number of alkyl halides is 2. The van der Waals surface area contributed by atoms with Gasteiger partial charge in [0.05, 0.1) is 18.6 Å². The number of fused-ring (bicyclic) bond motifs is 1. The van der Waals surface area contributed by atoms with Gasteiger partial charge in [-0.1, -0.05) is 0 Å². The molecule has 2 aromatic heterocycles. The van der Waals surface area contributed by atoms with Crippen molar-refractivity contribution in [2.75, 3.05) is 18.2 Å². The first-order valence-electron chi connectivity index (χ1n) is 7.92. The predicted molar refractivity (Wildman–Crippen MR) is 104 cm³/mol. The molecule has 28 heavy (non-hydrogen) atoms. The summed E-state index contributed by atoms with van der Waals surface area (Å²) in [5.74, 6) is 0.125. The first-order valence-corrected chi connectivity index (χ1v) is 9.96. The van der Waals surface area contributed by atoms with Gasteiger partial charge in [0.1, 0.15) is 0 Å². The molecule has 0 radical (unpaired) electrons. The monoisotopic (exact) mass is 427 g/mol. The first-order chi connectivity index (χ1) is 13.5. The van der Waals surface area contributed by atoms with Crippen molar-refractivity contribution in [3.8, 4) is 11.5 Å². The molecule has 1 aromatic carbocycles. The number of ether oxygens (including phenoxy) is 2. The minimum Gasteiger partial charge on any atom is -0.493 e. The lowest BCUT2D eigenvalue weighted by molar-refractivity contribution is -0.113. The summed E-state index contributed by atoms with van der Waals surface area (Å²) in [4.78, 5) is 29.0.